The largest absolute Gasteiger partial charge is 0.245 e. The molecule has 1 heterocycles. The molecule has 2 aromatic rings. The predicted octanol–water partition coefficient (Wildman–Crippen LogP) is 4.22. The fourth-order valence-corrected chi connectivity index (χ4v) is 3.57. The van der Waals surface area contributed by atoms with Crippen molar-refractivity contribution in [1.82, 2.24) is 4.98 Å². The molecule has 1 aliphatic rings. The van der Waals surface area contributed by atoms with E-state index >= 15 is 0 Å². The number of rotatable bonds is 3. The Hall–Kier alpha value is -1.79. The molecule has 0 N–H and O–H groups in total. The zero-order chi connectivity index (χ0) is 13.9. The SMILES string of the molecule is CCSc1nc2c(c(-c3ccccc3)c1C#N)CCC2. The second-order valence-corrected chi connectivity index (χ2v) is 6.11. The molecule has 2 nitrogen and oxygen atoms in total. The molecular formula is C17H16N2S. The van der Waals surface area contributed by atoms with E-state index < -0.39 is 0 Å². The molecule has 1 aliphatic carbocycles. The van der Waals surface area contributed by atoms with Gasteiger partial charge in [0.05, 0.1) is 5.56 Å². The van der Waals surface area contributed by atoms with Crippen molar-refractivity contribution in [1.29, 1.82) is 5.26 Å². The van der Waals surface area contributed by atoms with Gasteiger partial charge in [0, 0.05) is 11.3 Å². The van der Waals surface area contributed by atoms with Crippen LogP contribution in [0.5, 0.6) is 0 Å². The van der Waals surface area contributed by atoms with E-state index in [2.05, 4.69) is 25.1 Å². The zero-order valence-electron chi connectivity index (χ0n) is 11.5. The highest BCUT2D eigenvalue weighted by molar-refractivity contribution is 7.99. The van der Waals surface area contributed by atoms with Crippen molar-refractivity contribution in [3.8, 4) is 17.2 Å². The van der Waals surface area contributed by atoms with Gasteiger partial charge in [0.25, 0.3) is 0 Å². The molecule has 0 fully saturated rings. The summed E-state index contributed by atoms with van der Waals surface area (Å²) >= 11 is 1.67. The number of thioether (sulfide) groups is 1. The average molecular weight is 280 g/mol. The number of benzene rings is 1. The van der Waals surface area contributed by atoms with Gasteiger partial charge in [-0.3, -0.25) is 0 Å². The highest BCUT2D eigenvalue weighted by Gasteiger charge is 2.23. The number of hydrogen-bond donors (Lipinski definition) is 0. The van der Waals surface area contributed by atoms with Crippen LogP contribution in [0.2, 0.25) is 0 Å². The van der Waals surface area contributed by atoms with Gasteiger partial charge in [0.1, 0.15) is 11.1 Å². The lowest BCUT2D eigenvalue weighted by molar-refractivity contribution is 0.891. The molecule has 0 unspecified atom stereocenters. The van der Waals surface area contributed by atoms with E-state index in [1.807, 2.05) is 18.2 Å². The number of nitrogens with zero attached hydrogens (tertiary/aromatic N) is 2. The molecule has 3 rings (SSSR count). The van der Waals surface area contributed by atoms with Gasteiger partial charge in [0.2, 0.25) is 0 Å². The summed E-state index contributed by atoms with van der Waals surface area (Å²) in [5.41, 5.74) is 5.49. The van der Waals surface area contributed by atoms with Crippen molar-refractivity contribution in [2.45, 2.75) is 31.2 Å². The van der Waals surface area contributed by atoms with Crippen LogP contribution in [-0.2, 0) is 12.8 Å². The molecule has 0 saturated heterocycles. The Morgan fingerprint density at radius 3 is 2.75 bits per heavy atom. The third-order valence-electron chi connectivity index (χ3n) is 3.65. The summed E-state index contributed by atoms with van der Waals surface area (Å²) in [7, 11) is 0. The smallest absolute Gasteiger partial charge is 0.115 e. The van der Waals surface area contributed by atoms with Crippen molar-refractivity contribution in [2.24, 2.45) is 0 Å². The van der Waals surface area contributed by atoms with Gasteiger partial charge < -0.3 is 0 Å². The number of hydrogen-bond acceptors (Lipinski definition) is 3. The molecule has 0 amide bonds. The molecule has 0 atom stereocenters. The van der Waals surface area contributed by atoms with Crippen LogP contribution in [0, 0.1) is 11.3 Å². The van der Waals surface area contributed by atoms with E-state index in [1.54, 1.807) is 11.8 Å². The van der Waals surface area contributed by atoms with Crippen molar-refractivity contribution in [3.63, 3.8) is 0 Å². The third-order valence-corrected chi connectivity index (χ3v) is 4.50. The minimum absolute atomic E-state index is 0.753. The molecule has 0 spiro atoms. The second kappa shape index (κ2) is 5.68. The summed E-state index contributed by atoms with van der Waals surface area (Å²) in [5, 5.41) is 10.5. The first-order chi connectivity index (χ1) is 9.85. The van der Waals surface area contributed by atoms with Crippen LogP contribution in [0.25, 0.3) is 11.1 Å². The summed E-state index contributed by atoms with van der Waals surface area (Å²) in [4.78, 5) is 4.74. The highest BCUT2D eigenvalue weighted by atomic mass is 32.2. The van der Waals surface area contributed by atoms with E-state index in [0.717, 1.165) is 46.7 Å². The van der Waals surface area contributed by atoms with Crippen molar-refractivity contribution >= 4 is 11.8 Å². The number of aryl methyl sites for hydroxylation is 1. The minimum atomic E-state index is 0.753. The molecule has 20 heavy (non-hydrogen) atoms. The van der Waals surface area contributed by atoms with Crippen LogP contribution in [0.4, 0.5) is 0 Å². The number of fused-ring (bicyclic) bond motifs is 1. The Morgan fingerprint density at radius 2 is 2.05 bits per heavy atom. The molecule has 0 radical (unpaired) electrons. The van der Waals surface area contributed by atoms with Gasteiger partial charge in [-0.05, 0) is 36.1 Å². The molecule has 0 aliphatic heterocycles. The first-order valence-corrected chi connectivity index (χ1v) is 7.97. The maximum atomic E-state index is 9.62. The van der Waals surface area contributed by atoms with Gasteiger partial charge in [-0.15, -0.1) is 11.8 Å². The zero-order valence-corrected chi connectivity index (χ0v) is 12.3. The maximum absolute atomic E-state index is 9.62. The molecule has 100 valence electrons. The van der Waals surface area contributed by atoms with Gasteiger partial charge in [-0.25, -0.2) is 4.98 Å². The monoisotopic (exact) mass is 280 g/mol. The van der Waals surface area contributed by atoms with Crippen LogP contribution >= 0.6 is 11.8 Å². The summed E-state index contributed by atoms with van der Waals surface area (Å²) < 4.78 is 0. The Labute approximate surface area is 123 Å². The lowest BCUT2D eigenvalue weighted by atomic mass is 9.95. The van der Waals surface area contributed by atoms with Gasteiger partial charge >= 0.3 is 0 Å². The van der Waals surface area contributed by atoms with E-state index in [0.29, 0.717) is 0 Å². The minimum Gasteiger partial charge on any atom is -0.245 e. The Morgan fingerprint density at radius 1 is 1.25 bits per heavy atom. The quantitative estimate of drug-likeness (QED) is 0.790. The van der Waals surface area contributed by atoms with Crippen LogP contribution in [0.15, 0.2) is 35.4 Å². The van der Waals surface area contributed by atoms with Crippen molar-refractivity contribution < 1.29 is 0 Å². The summed E-state index contributed by atoms with van der Waals surface area (Å²) in [6, 6.07) is 12.7. The number of pyridine rings is 1. The molecular weight excluding hydrogens is 264 g/mol. The summed E-state index contributed by atoms with van der Waals surface area (Å²) in [6.45, 7) is 2.10. The number of nitriles is 1. The lowest BCUT2D eigenvalue weighted by Crippen LogP contribution is -2.00. The van der Waals surface area contributed by atoms with Crippen molar-refractivity contribution in [2.75, 3.05) is 5.75 Å². The van der Waals surface area contributed by atoms with Crippen LogP contribution < -0.4 is 0 Å². The van der Waals surface area contributed by atoms with Crippen molar-refractivity contribution in [3.05, 3.63) is 47.2 Å². The standard InChI is InChI=1S/C17H16N2S/c1-2-20-17-14(11-18)16(12-7-4-3-5-8-12)13-9-6-10-15(13)19-17/h3-5,7-8H,2,6,9-10H2,1H3. The number of aromatic nitrogens is 1. The molecule has 1 aromatic heterocycles. The lowest BCUT2D eigenvalue weighted by Gasteiger charge is -2.14. The Kier molecular flexibility index (Phi) is 3.75. The molecule has 1 aromatic carbocycles. The molecule has 0 bridgehead atoms. The van der Waals surface area contributed by atoms with Gasteiger partial charge in [0.15, 0.2) is 0 Å². The summed E-state index contributed by atoms with van der Waals surface area (Å²) in [5.74, 6) is 0.939. The average Bonchev–Trinajstić information content (AvgIpc) is 2.95. The van der Waals surface area contributed by atoms with Gasteiger partial charge in [-0.1, -0.05) is 37.3 Å². The van der Waals surface area contributed by atoms with E-state index in [1.165, 1.54) is 11.3 Å². The fraction of sp³-hybridized carbons (Fsp3) is 0.294. The molecule has 0 saturated carbocycles. The maximum Gasteiger partial charge on any atom is 0.115 e. The summed E-state index contributed by atoms with van der Waals surface area (Å²) in [6.07, 6.45) is 3.23. The first-order valence-electron chi connectivity index (χ1n) is 6.99. The normalized spacial score (nSPS) is 13.0. The molecule has 3 heteroatoms. The highest BCUT2D eigenvalue weighted by Crippen LogP contribution is 2.38. The van der Waals surface area contributed by atoms with Gasteiger partial charge in [-0.2, -0.15) is 5.26 Å². The first kappa shape index (κ1) is 13.2. The Balaban J connectivity index is 2.28. The van der Waals surface area contributed by atoms with E-state index in [9.17, 15) is 5.26 Å². The van der Waals surface area contributed by atoms with Crippen LogP contribution in [0.1, 0.15) is 30.2 Å². The predicted molar refractivity (Wildman–Crippen MR) is 82.8 cm³/mol. The van der Waals surface area contributed by atoms with Crippen LogP contribution in [0.3, 0.4) is 0 Å². The third kappa shape index (κ3) is 2.21. The van der Waals surface area contributed by atoms with E-state index in [-0.39, 0.29) is 0 Å². The fourth-order valence-electron chi connectivity index (χ4n) is 2.83. The van der Waals surface area contributed by atoms with Crippen LogP contribution in [-0.4, -0.2) is 10.7 Å². The van der Waals surface area contributed by atoms with E-state index in [4.69, 9.17) is 4.98 Å². The Bertz CT molecular complexity index is 672. The topological polar surface area (TPSA) is 36.7 Å². The second-order valence-electron chi connectivity index (χ2n) is 4.86.